The first-order valence-corrected chi connectivity index (χ1v) is 11.9. The van der Waals surface area contributed by atoms with Crippen molar-refractivity contribution in [1.29, 1.82) is 0 Å². The molecule has 0 aliphatic heterocycles. The van der Waals surface area contributed by atoms with Gasteiger partial charge >= 0.3 is 0 Å². The lowest BCUT2D eigenvalue weighted by molar-refractivity contribution is -0.142. The van der Waals surface area contributed by atoms with Crippen LogP contribution in [0.15, 0.2) is 42.6 Å². The van der Waals surface area contributed by atoms with Crippen LogP contribution in [-0.2, 0) is 27.9 Å². The van der Waals surface area contributed by atoms with Crippen molar-refractivity contribution in [2.75, 3.05) is 39.5 Å². The second-order valence-electron chi connectivity index (χ2n) is 7.89. The van der Waals surface area contributed by atoms with Crippen molar-refractivity contribution in [3.05, 3.63) is 53.3 Å². The average Bonchev–Trinajstić information content (AvgIpc) is 3.22. The van der Waals surface area contributed by atoms with E-state index in [1.54, 1.807) is 29.2 Å². The minimum absolute atomic E-state index is 0.0169. The Kier molecular flexibility index (Phi) is 11.8. The lowest BCUT2D eigenvalue weighted by atomic mass is 10.2. The van der Waals surface area contributed by atoms with E-state index in [1.165, 1.54) is 0 Å². The van der Waals surface area contributed by atoms with Crippen LogP contribution in [0.25, 0.3) is 0 Å². The van der Waals surface area contributed by atoms with Crippen molar-refractivity contribution < 1.29 is 19.1 Å². The van der Waals surface area contributed by atoms with Gasteiger partial charge in [0, 0.05) is 50.3 Å². The summed E-state index contributed by atoms with van der Waals surface area (Å²) in [5.41, 5.74) is 1.06. The maximum atomic E-state index is 13.2. The predicted molar refractivity (Wildman–Crippen MR) is 130 cm³/mol. The summed E-state index contributed by atoms with van der Waals surface area (Å²) < 4.78 is 13.1. The highest BCUT2D eigenvalue weighted by molar-refractivity contribution is 6.30. The smallest absolute Gasteiger partial charge is 0.260 e. The molecule has 7 nitrogen and oxygen atoms in total. The molecule has 1 heterocycles. The number of hydrogen-bond donors (Lipinski definition) is 0. The number of nitrogens with zero attached hydrogens (tertiary/aromatic N) is 3. The van der Waals surface area contributed by atoms with E-state index in [0.717, 1.165) is 18.5 Å². The molecule has 0 spiro atoms. The fourth-order valence-corrected chi connectivity index (χ4v) is 3.45. The van der Waals surface area contributed by atoms with E-state index in [-0.39, 0.29) is 25.0 Å². The summed E-state index contributed by atoms with van der Waals surface area (Å²) in [5.74, 6) is 0.256. The molecule has 0 unspecified atom stereocenters. The molecule has 0 bridgehead atoms. The van der Waals surface area contributed by atoms with E-state index in [4.69, 9.17) is 21.1 Å². The summed E-state index contributed by atoms with van der Waals surface area (Å²) in [6.07, 6.45) is 4.52. The van der Waals surface area contributed by atoms with Gasteiger partial charge in [0.2, 0.25) is 5.91 Å². The zero-order chi connectivity index (χ0) is 24.1. The molecule has 1 aromatic carbocycles. The van der Waals surface area contributed by atoms with E-state index in [0.29, 0.717) is 50.0 Å². The third-order valence-electron chi connectivity index (χ3n) is 5.31. The Labute approximate surface area is 202 Å². The SMILES string of the molecule is CCCCN(Cc1cccn1C)C(=O)CN(CCCOCC)C(=O)COc1ccc(Cl)cc1. The van der Waals surface area contributed by atoms with Gasteiger partial charge < -0.3 is 23.8 Å². The largest absolute Gasteiger partial charge is 0.484 e. The first-order chi connectivity index (χ1) is 15.9. The second-order valence-corrected chi connectivity index (χ2v) is 8.32. The maximum Gasteiger partial charge on any atom is 0.260 e. The van der Waals surface area contributed by atoms with Gasteiger partial charge in [0.05, 0.1) is 13.1 Å². The van der Waals surface area contributed by atoms with Crippen LogP contribution in [0.5, 0.6) is 5.75 Å². The van der Waals surface area contributed by atoms with E-state index in [9.17, 15) is 9.59 Å². The number of hydrogen-bond acceptors (Lipinski definition) is 4. The molecular weight excluding hydrogens is 442 g/mol. The van der Waals surface area contributed by atoms with Gasteiger partial charge in [-0.05, 0) is 56.2 Å². The molecule has 2 amide bonds. The van der Waals surface area contributed by atoms with Gasteiger partial charge in [-0.1, -0.05) is 24.9 Å². The van der Waals surface area contributed by atoms with Gasteiger partial charge in [-0.2, -0.15) is 0 Å². The van der Waals surface area contributed by atoms with Crippen LogP contribution >= 0.6 is 11.6 Å². The summed E-state index contributed by atoms with van der Waals surface area (Å²) in [4.78, 5) is 29.6. The Morgan fingerprint density at radius 1 is 1.00 bits per heavy atom. The van der Waals surface area contributed by atoms with Crippen molar-refractivity contribution in [2.45, 2.75) is 39.7 Å². The lowest BCUT2D eigenvalue weighted by Gasteiger charge is -2.28. The zero-order valence-electron chi connectivity index (χ0n) is 20.0. The standard InChI is InChI=1S/C25H36ClN3O4/c1-4-6-15-28(18-22-9-7-14-27(22)3)24(30)19-29(16-8-17-32-5-2)25(31)20-33-23-12-10-21(26)11-13-23/h7,9-14H,4-6,8,15-20H2,1-3H3. The number of benzene rings is 1. The minimum Gasteiger partial charge on any atom is -0.484 e. The van der Waals surface area contributed by atoms with E-state index >= 15 is 0 Å². The Morgan fingerprint density at radius 3 is 2.36 bits per heavy atom. The van der Waals surface area contributed by atoms with Crippen molar-refractivity contribution in [2.24, 2.45) is 7.05 Å². The van der Waals surface area contributed by atoms with E-state index in [2.05, 4.69) is 6.92 Å². The summed E-state index contributed by atoms with van der Waals surface area (Å²) in [7, 11) is 1.97. The third-order valence-corrected chi connectivity index (χ3v) is 5.57. The van der Waals surface area contributed by atoms with Gasteiger partial charge in [0.25, 0.3) is 5.91 Å². The number of aromatic nitrogens is 1. The number of amides is 2. The molecule has 1 aromatic heterocycles. The molecule has 182 valence electrons. The molecule has 0 fully saturated rings. The first kappa shape index (κ1) is 26.7. The Bertz CT molecular complexity index is 854. The molecule has 0 N–H and O–H groups in total. The van der Waals surface area contributed by atoms with Crippen molar-refractivity contribution in [3.63, 3.8) is 0 Å². The molecular formula is C25H36ClN3O4. The van der Waals surface area contributed by atoms with Crippen LogP contribution in [0.1, 0.15) is 38.8 Å². The molecule has 33 heavy (non-hydrogen) atoms. The fraction of sp³-hybridized carbons (Fsp3) is 0.520. The number of carbonyl (C=O) groups excluding carboxylic acids is 2. The number of halogens is 1. The van der Waals surface area contributed by atoms with E-state index in [1.807, 2.05) is 41.8 Å². The molecule has 2 rings (SSSR count). The van der Waals surface area contributed by atoms with Crippen molar-refractivity contribution >= 4 is 23.4 Å². The molecule has 0 saturated carbocycles. The van der Waals surface area contributed by atoms with Crippen molar-refractivity contribution in [1.82, 2.24) is 14.4 Å². The molecule has 0 saturated heterocycles. The van der Waals surface area contributed by atoms with Crippen LogP contribution in [0.2, 0.25) is 5.02 Å². The number of carbonyl (C=O) groups is 2. The van der Waals surface area contributed by atoms with Crippen molar-refractivity contribution in [3.8, 4) is 5.75 Å². The van der Waals surface area contributed by atoms with Crippen LogP contribution in [0, 0.1) is 0 Å². The number of aryl methyl sites for hydroxylation is 1. The molecule has 2 aromatic rings. The van der Waals surface area contributed by atoms with Gasteiger partial charge in [0.1, 0.15) is 5.75 Å². The number of unbranched alkanes of at least 4 members (excludes halogenated alkanes) is 1. The summed E-state index contributed by atoms with van der Waals surface area (Å²) in [6, 6.07) is 10.8. The average molecular weight is 478 g/mol. The Hall–Kier alpha value is -2.51. The van der Waals surface area contributed by atoms with E-state index < -0.39 is 0 Å². The highest BCUT2D eigenvalue weighted by Crippen LogP contribution is 2.15. The molecule has 0 aliphatic carbocycles. The number of rotatable bonds is 15. The monoisotopic (exact) mass is 477 g/mol. The van der Waals surface area contributed by atoms with Crippen LogP contribution in [0.3, 0.4) is 0 Å². The van der Waals surface area contributed by atoms with Gasteiger partial charge in [0.15, 0.2) is 6.61 Å². The molecule has 8 heteroatoms. The first-order valence-electron chi connectivity index (χ1n) is 11.6. The van der Waals surface area contributed by atoms with Crippen LogP contribution in [0.4, 0.5) is 0 Å². The quantitative estimate of drug-likeness (QED) is 0.362. The summed E-state index contributed by atoms with van der Waals surface area (Å²) in [5, 5.41) is 0.599. The zero-order valence-corrected chi connectivity index (χ0v) is 20.7. The van der Waals surface area contributed by atoms with Gasteiger partial charge in [-0.25, -0.2) is 0 Å². The summed E-state index contributed by atoms with van der Waals surface area (Å²) >= 11 is 5.90. The summed E-state index contributed by atoms with van der Waals surface area (Å²) in [6.45, 7) is 6.67. The normalized spacial score (nSPS) is 10.8. The maximum absolute atomic E-state index is 13.2. The fourth-order valence-electron chi connectivity index (χ4n) is 3.32. The lowest BCUT2D eigenvalue weighted by Crippen LogP contribution is -2.45. The third kappa shape index (κ3) is 9.48. The van der Waals surface area contributed by atoms with Gasteiger partial charge in [-0.15, -0.1) is 0 Å². The van der Waals surface area contributed by atoms with Crippen LogP contribution in [-0.4, -0.2) is 65.6 Å². The topological polar surface area (TPSA) is 64.0 Å². The molecule has 0 atom stereocenters. The number of ether oxygens (including phenoxy) is 2. The van der Waals surface area contributed by atoms with Gasteiger partial charge in [-0.3, -0.25) is 9.59 Å². The Balaban J connectivity index is 2.04. The Morgan fingerprint density at radius 2 is 1.73 bits per heavy atom. The highest BCUT2D eigenvalue weighted by atomic mass is 35.5. The second kappa shape index (κ2) is 14.6. The highest BCUT2D eigenvalue weighted by Gasteiger charge is 2.22. The molecule has 0 radical (unpaired) electrons. The van der Waals surface area contributed by atoms with Crippen LogP contribution < -0.4 is 4.74 Å². The minimum atomic E-state index is -0.232. The molecule has 0 aliphatic rings. The predicted octanol–water partition coefficient (Wildman–Crippen LogP) is 4.14.